The first-order valence-corrected chi connectivity index (χ1v) is 8.23. The quantitative estimate of drug-likeness (QED) is 0.749. The Hall–Kier alpha value is -1.35. The molecule has 0 fully saturated rings. The van der Waals surface area contributed by atoms with Gasteiger partial charge in [-0.1, -0.05) is 38.1 Å². The number of rotatable bonds is 2. The van der Waals surface area contributed by atoms with Gasteiger partial charge in [-0.3, -0.25) is 0 Å². The first-order chi connectivity index (χ1) is 9.97. The lowest BCUT2D eigenvalue weighted by Gasteiger charge is -2.41. The predicted molar refractivity (Wildman–Crippen MR) is 91.6 cm³/mol. The van der Waals surface area contributed by atoms with Gasteiger partial charge < -0.3 is 5.32 Å². The second-order valence-electron chi connectivity index (χ2n) is 6.60. The Morgan fingerprint density at radius 3 is 2.81 bits per heavy atom. The standard InChI is InChI=1S/C18H21BrN2/c1-12-10-14(11-20-17(12)19)21-16-15-7-5-4-6-13(15)8-9-18(16,2)3/h4-7,10-11,16,21H,8-9H2,1-3H3. The molecule has 1 aliphatic rings. The highest BCUT2D eigenvalue weighted by Crippen LogP contribution is 2.45. The molecule has 110 valence electrons. The maximum absolute atomic E-state index is 4.40. The summed E-state index contributed by atoms with van der Waals surface area (Å²) in [5, 5.41) is 3.71. The molecule has 21 heavy (non-hydrogen) atoms. The van der Waals surface area contributed by atoms with Crippen LogP contribution in [0.3, 0.4) is 0 Å². The number of anilines is 1. The van der Waals surface area contributed by atoms with Gasteiger partial charge in [-0.05, 0) is 63.9 Å². The molecule has 0 aliphatic heterocycles. The van der Waals surface area contributed by atoms with Gasteiger partial charge in [0.2, 0.25) is 0 Å². The van der Waals surface area contributed by atoms with Crippen molar-refractivity contribution in [2.45, 2.75) is 39.7 Å². The van der Waals surface area contributed by atoms with Crippen molar-refractivity contribution in [3.8, 4) is 0 Å². The van der Waals surface area contributed by atoms with E-state index in [1.54, 1.807) is 0 Å². The van der Waals surface area contributed by atoms with Crippen LogP contribution in [0.4, 0.5) is 5.69 Å². The van der Waals surface area contributed by atoms with Crippen LogP contribution in [0.15, 0.2) is 41.1 Å². The Labute approximate surface area is 135 Å². The molecule has 1 aliphatic carbocycles. The molecule has 3 heteroatoms. The Morgan fingerprint density at radius 1 is 1.29 bits per heavy atom. The van der Waals surface area contributed by atoms with Crippen LogP contribution in [0, 0.1) is 12.3 Å². The zero-order chi connectivity index (χ0) is 15.0. The fourth-order valence-corrected chi connectivity index (χ4v) is 3.36. The van der Waals surface area contributed by atoms with Crippen molar-refractivity contribution < 1.29 is 0 Å². The lowest BCUT2D eigenvalue weighted by Crippen LogP contribution is -2.33. The van der Waals surface area contributed by atoms with Crippen molar-refractivity contribution in [2.75, 3.05) is 5.32 Å². The molecule has 1 heterocycles. The monoisotopic (exact) mass is 344 g/mol. The summed E-state index contributed by atoms with van der Waals surface area (Å²) in [6.07, 6.45) is 4.27. The van der Waals surface area contributed by atoms with Gasteiger partial charge in [0.15, 0.2) is 0 Å². The normalized spacial score (nSPS) is 19.9. The number of hydrogen-bond acceptors (Lipinski definition) is 2. The number of pyridine rings is 1. The summed E-state index contributed by atoms with van der Waals surface area (Å²) < 4.78 is 0.913. The minimum Gasteiger partial charge on any atom is -0.376 e. The Morgan fingerprint density at radius 2 is 2.05 bits per heavy atom. The molecule has 0 bridgehead atoms. The molecular weight excluding hydrogens is 324 g/mol. The van der Waals surface area contributed by atoms with Gasteiger partial charge in [-0.25, -0.2) is 4.98 Å². The van der Waals surface area contributed by atoms with Crippen LogP contribution >= 0.6 is 15.9 Å². The molecule has 0 amide bonds. The SMILES string of the molecule is Cc1cc(NC2c3ccccc3CCC2(C)C)cnc1Br. The molecule has 1 aromatic carbocycles. The van der Waals surface area contributed by atoms with Crippen molar-refractivity contribution in [1.82, 2.24) is 4.98 Å². The van der Waals surface area contributed by atoms with Crippen LogP contribution in [-0.2, 0) is 6.42 Å². The average Bonchev–Trinajstić information content (AvgIpc) is 2.46. The molecule has 0 saturated carbocycles. The number of benzene rings is 1. The van der Waals surface area contributed by atoms with E-state index in [0.29, 0.717) is 6.04 Å². The van der Waals surface area contributed by atoms with Gasteiger partial charge in [0.1, 0.15) is 4.60 Å². The topological polar surface area (TPSA) is 24.9 Å². The zero-order valence-electron chi connectivity index (χ0n) is 12.8. The minimum absolute atomic E-state index is 0.231. The molecule has 0 spiro atoms. The first-order valence-electron chi connectivity index (χ1n) is 7.44. The van der Waals surface area contributed by atoms with E-state index in [4.69, 9.17) is 0 Å². The minimum atomic E-state index is 0.231. The molecule has 2 aromatic rings. The van der Waals surface area contributed by atoms with Gasteiger partial charge >= 0.3 is 0 Å². The summed E-state index contributed by atoms with van der Waals surface area (Å²) in [6.45, 7) is 6.77. The molecule has 3 rings (SSSR count). The third-order valence-electron chi connectivity index (χ3n) is 4.51. The molecule has 1 aromatic heterocycles. The zero-order valence-corrected chi connectivity index (χ0v) is 14.4. The number of nitrogens with zero attached hydrogens (tertiary/aromatic N) is 1. The van der Waals surface area contributed by atoms with Crippen LogP contribution in [0.25, 0.3) is 0 Å². The maximum atomic E-state index is 4.40. The van der Waals surface area contributed by atoms with Crippen LogP contribution in [0.2, 0.25) is 0 Å². The van der Waals surface area contributed by atoms with Gasteiger partial charge in [0.05, 0.1) is 17.9 Å². The van der Waals surface area contributed by atoms with Crippen LogP contribution in [0.5, 0.6) is 0 Å². The number of aromatic nitrogens is 1. The maximum Gasteiger partial charge on any atom is 0.109 e. The van der Waals surface area contributed by atoms with Crippen LogP contribution in [-0.4, -0.2) is 4.98 Å². The van der Waals surface area contributed by atoms with Crippen LogP contribution < -0.4 is 5.32 Å². The Balaban J connectivity index is 1.97. The lowest BCUT2D eigenvalue weighted by atomic mass is 9.70. The highest BCUT2D eigenvalue weighted by atomic mass is 79.9. The van der Waals surface area contributed by atoms with E-state index in [0.717, 1.165) is 15.9 Å². The predicted octanol–water partition coefficient (Wildman–Crippen LogP) is 5.28. The molecule has 1 N–H and O–H groups in total. The summed E-state index contributed by atoms with van der Waals surface area (Å²) in [6, 6.07) is 11.3. The first kappa shape index (κ1) is 14.6. The van der Waals surface area contributed by atoms with Crippen molar-refractivity contribution in [3.63, 3.8) is 0 Å². The summed E-state index contributed by atoms with van der Waals surface area (Å²) in [7, 11) is 0. The molecular formula is C18H21BrN2. The molecule has 1 unspecified atom stereocenters. The number of hydrogen-bond donors (Lipinski definition) is 1. The second kappa shape index (κ2) is 5.45. The largest absolute Gasteiger partial charge is 0.376 e. The van der Waals surface area contributed by atoms with Gasteiger partial charge in [-0.2, -0.15) is 0 Å². The Kier molecular flexibility index (Phi) is 3.78. The fourth-order valence-electron chi connectivity index (χ4n) is 3.14. The average molecular weight is 345 g/mol. The number of nitrogens with one attached hydrogen (secondary N) is 1. The van der Waals surface area contributed by atoms with Gasteiger partial charge in [0.25, 0.3) is 0 Å². The third kappa shape index (κ3) is 2.84. The van der Waals surface area contributed by atoms with E-state index in [-0.39, 0.29) is 5.41 Å². The second-order valence-corrected chi connectivity index (χ2v) is 7.35. The van der Waals surface area contributed by atoms with Crippen LogP contribution in [0.1, 0.15) is 43.0 Å². The van der Waals surface area contributed by atoms with Crippen molar-refractivity contribution in [3.05, 3.63) is 57.8 Å². The van der Waals surface area contributed by atoms with Crippen molar-refractivity contribution in [1.29, 1.82) is 0 Å². The van der Waals surface area contributed by atoms with Crippen molar-refractivity contribution >= 4 is 21.6 Å². The molecule has 0 radical (unpaired) electrons. The van der Waals surface area contributed by atoms with E-state index in [9.17, 15) is 0 Å². The number of aryl methyl sites for hydroxylation is 2. The lowest BCUT2D eigenvalue weighted by molar-refractivity contribution is 0.265. The molecule has 0 saturated heterocycles. The van der Waals surface area contributed by atoms with Crippen molar-refractivity contribution in [2.24, 2.45) is 5.41 Å². The number of fused-ring (bicyclic) bond motifs is 1. The summed E-state index contributed by atoms with van der Waals surface area (Å²) >= 11 is 3.46. The fraction of sp³-hybridized carbons (Fsp3) is 0.389. The third-order valence-corrected chi connectivity index (χ3v) is 5.34. The highest BCUT2D eigenvalue weighted by molar-refractivity contribution is 9.10. The number of halogens is 1. The van der Waals surface area contributed by atoms with E-state index in [2.05, 4.69) is 77.3 Å². The van der Waals surface area contributed by atoms with Gasteiger partial charge in [-0.15, -0.1) is 0 Å². The van der Waals surface area contributed by atoms with Gasteiger partial charge in [0, 0.05) is 0 Å². The van der Waals surface area contributed by atoms with E-state index in [1.165, 1.54) is 24.0 Å². The molecule has 2 nitrogen and oxygen atoms in total. The van der Waals surface area contributed by atoms with E-state index in [1.807, 2.05) is 6.20 Å². The Bertz CT molecular complexity index is 664. The molecule has 1 atom stereocenters. The smallest absolute Gasteiger partial charge is 0.109 e. The summed E-state index contributed by atoms with van der Waals surface area (Å²) in [4.78, 5) is 4.40. The highest BCUT2D eigenvalue weighted by Gasteiger charge is 2.35. The van der Waals surface area contributed by atoms with E-state index >= 15 is 0 Å². The summed E-state index contributed by atoms with van der Waals surface area (Å²) in [5.41, 5.74) is 5.37. The summed E-state index contributed by atoms with van der Waals surface area (Å²) in [5.74, 6) is 0. The van der Waals surface area contributed by atoms with E-state index < -0.39 is 0 Å².